The van der Waals surface area contributed by atoms with E-state index in [4.69, 9.17) is 4.74 Å². The van der Waals surface area contributed by atoms with E-state index in [1.807, 2.05) is 6.92 Å². The molecule has 0 radical (unpaired) electrons. The monoisotopic (exact) mass is 401 g/mol. The number of nitrogens with one attached hydrogen (secondary N) is 1. The summed E-state index contributed by atoms with van der Waals surface area (Å²) in [5.74, 6) is -0.462. The number of amides is 1. The van der Waals surface area contributed by atoms with E-state index in [0.717, 1.165) is 5.56 Å². The number of carbonyl (C=O) groups is 1. The fraction of sp³-hybridized carbons (Fsp3) is 0.158. The molecule has 0 unspecified atom stereocenters. The molecule has 0 atom stereocenters. The number of tetrazole rings is 1. The molecule has 1 amide bonds. The van der Waals surface area contributed by atoms with Crippen LogP contribution in [0.5, 0.6) is 11.5 Å². The number of anilines is 1. The molecule has 0 saturated heterocycles. The molecule has 10 heteroatoms. The second-order valence-electron chi connectivity index (χ2n) is 5.78. The molecule has 150 valence electrons. The van der Waals surface area contributed by atoms with Crippen molar-refractivity contribution in [1.29, 1.82) is 0 Å². The third-order valence-electron chi connectivity index (χ3n) is 4.01. The lowest BCUT2D eigenvalue weighted by Gasteiger charge is -2.12. The number of aromatic nitrogens is 4. The predicted octanol–water partition coefficient (Wildman–Crippen LogP) is 3.23. The van der Waals surface area contributed by atoms with Crippen LogP contribution in [0.4, 0.5) is 14.5 Å². The summed E-state index contributed by atoms with van der Waals surface area (Å²) in [6, 6.07) is 9.91. The molecule has 0 aliphatic carbocycles. The van der Waals surface area contributed by atoms with Gasteiger partial charge in [-0.2, -0.15) is 8.78 Å². The van der Waals surface area contributed by atoms with Crippen LogP contribution in [0.3, 0.4) is 0 Å². The summed E-state index contributed by atoms with van der Waals surface area (Å²) in [5, 5.41) is 13.8. The molecule has 8 nitrogen and oxygen atoms in total. The summed E-state index contributed by atoms with van der Waals surface area (Å²) in [6.45, 7) is -1.21. The molecule has 0 spiro atoms. The van der Waals surface area contributed by atoms with Crippen molar-refractivity contribution in [2.75, 3.05) is 12.4 Å². The van der Waals surface area contributed by atoms with Crippen LogP contribution in [-0.2, 0) is 4.79 Å². The van der Waals surface area contributed by atoms with E-state index in [1.54, 1.807) is 24.3 Å². The van der Waals surface area contributed by atoms with Gasteiger partial charge in [-0.25, -0.2) is 4.68 Å². The van der Waals surface area contributed by atoms with Gasteiger partial charge < -0.3 is 14.8 Å². The van der Waals surface area contributed by atoms with Crippen molar-refractivity contribution in [2.24, 2.45) is 0 Å². The van der Waals surface area contributed by atoms with Crippen molar-refractivity contribution in [2.45, 2.75) is 13.5 Å². The Bertz CT molecular complexity index is 1020. The average Bonchev–Trinajstić information content (AvgIpc) is 3.23. The van der Waals surface area contributed by atoms with Crippen LogP contribution in [0.2, 0.25) is 0 Å². The van der Waals surface area contributed by atoms with Gasteiger partial charge in [-0.15, -0.1) is 5.10 Å². The first-order valence-corrected chi connectivity index (χ1v) is 8.43. The molecular weight excluding hydrogens is 384 g/mol. The number of ether oxygens (including phenoxy) is 2. The van der Waals surface area contributed by atoms with E-state index in [-0.39, 0.29) is 17.1 Å². The summed E-state index contributed by atoms with van der Waals surface area (Å²) in [6.07, 6.45) is 4.04. The van der Waals surface area contributed by atoms with Gasteiger partial charge in [0.2, 0.25) is 5.91 Å². The first kappa shape index (κ1) is 19.9. The van der Waals surface area contributed by atoms with E-state index >= 15 is 0 Å². The van der Waals surface area contributed by atoms with Crippen molar-refractivity contribution in [3.63, 3.8) is 0 Å². The zero-order chi connectivity index (χ0) is 20.8. The fourth-order valence-corrected chi connectivity index (χ4v) is 2.66. The SMILES string of the molecule is COc1cccc(C=CC(=O)Nc2cccc(-n3cnnn3)c2C)c1OC(F)F. The minimum Gasteiger partial charge on any atom is -0.493 e. The highest BCUT2D eigenvalue weighted by atomic mass is 19.3. The topological polar surface area (TPSA) is 91.2 Å². The van der Waals surface area contributed by atoms with E-state index in [0.29, 0.717) is 11.4 Å². The Morgan fingerprint density at radius 1 is 1.24 bits per heavy atom. The Morgan fingerprint density at radius 2 is 2.03 bits per heavy atom. The molecule has 0 bridgehead atoms. The van der Waals surface area contributed by atoms with E-state index < -0.39 is 12.5 Å². The van der Waals surface area contributed by atoms with Gasteiger partial charge in [0.1, 0.15) is 6.33 Å². The lowest BCUT2D eigenvalue weighted by molar-refractivity contribution is -0.111. The third kappa shape index (κ3) is 4.72. The number of nitrogens with zero attached hydrogens (tertiary/aromatic N) is 4. The van der Waals surface area contributed by atoms with Crippen molar-refractivity contribution >= 4 is 17.7 Å². The van der Waals surface area contributed by atoms with Crippen molar-refractivity contribution in [3.8, 4) is 17.2 Å². The van der Waals surface area contributed by atoms with Crippen LogP contribution in [0.15, 0.2) is 48.8 Å². The van der Waals surface area contributed by atoms with Gasteiger partial charge in [0.15, 0.2) is 11.5 Å². The number of methoxy groups -OCH3 is 1. The van der Waals surface area contributed by atoms with E-state index in [9.17, 15) is 13.6 Å². The van der Waals surface area contributed by atoms with Crippen LogP contribution in [0.1, 0.15) is 11.1 Å². The Morgan fingerprint density at radius 3 is 2.72 bits per heavy atom. The fourth-order valence-electron chi connectivity index (χ4n) is 2.66. The standard InChI is InChI=1S/C19H17F2N5O3/c1-12-14(6-4-7-15(12)26-11-22-24-25-26)23-17(27)10-9-13-5-3-8-16(28-2)18(13)29-19(20)21/h3-11,19H,1-2H3,(H,23,27). The van der Waals surface area contributed by atoms with Gasteiger partial charge in [0.25, 0.3) is 0 Å². The molecule has 0 aliphatic heterocycles. The molecule has 1 heterocycles. The van der Waals surface area contributed by atoms with Crippen LogP contribution in [-0.4, -0.2) is 39.8 Å². The average molecular weight is 401 g/mol. The van der Waals surface area contributed by atoms with Gasteiger partial charge in [-0.1, -0.05) is 18.2 Å². The van der Waals surface area contributed by atoms with Crippen LogP contribution in [0.25, 0.3) is 11.8 Å². The minimum absolute atomic E-state index is 0.137. The number of hydrogen-bond donors (Lipinski definition) is 1. The van der Waals surface area contributed by atoms with Crippen molar-refractivity contribution in [3.05, 3.63) is 59.9 Å². The number of alkyl halides is 2. The normalized spacial score (nSPS) is 11.1. The highest BCUT2D eigenvalue weighted by Gasteiger charge is 2.14. The highest BCUT2D eigenvalue weighted by molar-refractivity contribution is 6.02. The summed E-state index contributed by atoms with van der Waals surface area (Å²) >= 11 is 0. The predicted molar refractivity (Wildman–Crippen MR) is 101 cm³/mol. The maximum absolute atomic E-state index is 12.7. The summed E-state index contributed by atoms with van der Waals surface area (Å²) < 4.78 is 36.5. The Labute approximate surface area is 164 Å². The first-order chi connectivity index (χ1) is 14.0. The quantitative estimate of drug-likeness (QED) is 0.611. The number of carbonyl (C=O) groups excluding carboxylic acids is 1. The van der Waals surface area contributed by atoms with Crippen molar-refractivity contribution < 1.29 is 23.0 Å². The van der Waals surface area contributed by atoms with E-state index in [2.05, 4.69) is 25.6 Å². The highest BCUT2D eigenvalue weighted by Crippen LogP contribution is 2.33. The Balaban J connectivity index is 1.80. The van der Waals surface area contributed by atoms with E-state index in [1.165, 1.54) is 42.4 Å². The van der Waals surface area contributed by atoms with Gasteiger partial charge in [0.05, 0.1) is 12.8 Å². The van der Waals surface area contributed by atoms with Crippen molar-refractivity contribution in [1.82, 2.24) is 20.2 Å². The number of para-hydroxylation sites is 1. The molecule has 1 N–H and O–H groups in total. The zero-order valence-corrected chi connectivity index (χ0v) is 15.5. The number of rotatable bonds is 7. The molecule has 0 saturated carbocycles. The lowest BCUT2D eigenvalue weighted by atomic mass is 10.1. The van der Waals surface area contributed by atoms with Crippen LogP contribution >= 0.6 is 0 Å². The molecule has 3 rings (SSSR count). The summed E-state index contributed by atoms with van der Waals surface area (Å²) in [4.78, 5) is 12.4. The van der Waals surface area contributed by atoms with Gasteiger partial charge in [-0.3, -0.25) is 4.79 Å². The number of halogens is 2. The molecule has 1 aromatic heterocycles. The molecule has 2 aromatic carbocycles. The number of benzene rings is 2. The second-order valence-corrected chi connectivity index (χ2v) is 5.78. The number of hydrogen-bond acceptors (Lipinski definition) is 6. The smallest absolute Gasteiger partial charge is 0.387 e. The second kappa shape index (κ2) is 8.91. The molecule has 0 aliphatic rings. The largest absolute Gasteiger partial charge is 0.493 e. The molecule has 3 aromatic rings. The van der Waals surface area contributed by atoms with Gasteiger partial charge in [0, 0.05) is 17.3 Å². The minimum atomic E-state index is -3.02. The molecule has 29 heavy (non-hydrogen) atoms. The summed E-state index contributed by atoms with van der Waals surface area (Å²) in [5.41, 5.74) is 2.29. The maximum atomic E-state index is 12.7. The Kier molecular flexibility index (Phi) is 6.12. The lowest BCUT2D eigenvalue weighted by Crippen LogP contribution is -2.10. The van der Waals surface area contributed by atoms with Gasteiger partial charge in [-0.05, 0) is 47.2 Å². The first-order valence-electron chi connectivity index (χ1n) is 8.43. The molecular formula is C19H17F2N5O3. The Hall–Kier alpha value is -3.82. The summed E-state index contributed by atoms with van der Waals surface area (Å²) in [7, 11) is 1.34. The van der Waals surface area contributed by atoms with Crippen LogP contribution in [0, 0.1) is 6.92 Å². The zero-order valence-electron chi connectivity index (χ0n) is 15.5. The molecule has 0 fully saturated rings. The van der Waals surface area contributed by atoms with Gasteiger partial charge >= 0.3 is 6.61 Å². The van der Waals surface area contributed by atoms with Crippen LogP contribution < -0.4 is 14.8 Å². The maximum Gasteiger partial charge on any atom is 0.387 e. The third-order valence-corrected chi connectivity index (χ3v) is 4.01.